The third-order valence-electron chi connectivity index (χ3n) is 5.86. The summed E-state index contributed by atoms with van der Waals surface area (Å²) in [5, 5.41) is 17.4. The van der Waals surface area contributed by atoms with Crippen molar-refractivity contribution in [2.24, 2.45) is 10.9 Å². The Balaban J connectivity index is 1.46. The predicted molar refractivity (Wildman–Crippen MR) is 121 cm³/mol. The second-order valence-corrected chi connectivity index (χ2v) is 8.73. The van der Waals surface area contributed by atoms with Crippen molar-refractivity contribution in [3.05, 3.63) is 41.0 Å². The minimum absolute atomic E-state index is 0.225. The van der Waals surface area contributed by atoms with Crippen LogP contribution < -0.4 is 10.6 Å². The van der Waals surface area contributed by atoms with Gasteiger partial charge in [-0.1, -0.05) is 0 Å². The minimum atomic E-state index is -1.14. The molecule has 0 radical (unpaired) electrons. The molecule has 0 saturated carbocycles. The zero-order valence-electron chi connectivity index (χ0n) is 19.5. The molecule has 3 heterocycles. The van der Waals surface area contributed by atoms with Gasteiger partial charge in [-0.2, -0.15) is 0 Å². The third kappa shape index (κ3) is 6.58. The quantitative estimate of drug-likeness (QED) is 0.437. The van der Waals surface area contributed by atoms with Gasteiger partial charge in [0.15, 0.2) is 5.96 Å². The topological polar surface area (TPSA) is 99.1 Å². The Morgan fingerprint density at radius 2 is 1.97 bits per heavy atom. The van der Waals surface area contributed by atoms with Gasteiger partial charge in [-0.3, -0.25) is 4.90 Å². The molecule has 1 aliphatic heterocycles. The highest BCUT2D eigenvalue weighted by atomic mass is 16.4. The lowest BCUT2D eigenvalue weighted by Crippen LogP contribution is -2.43. The first-order chi connectivity index (χ1) is 14.8. The zero-order chi connectivity index (χ0) is 22.4. The molecule has 172 valence electrons. The molecule has 0 aromatic carbocycles. The number of aliphatic imine (C=N–C) groups is 1. The average molecular weight is 432 g/mol. The second-order valence-electron chi connectivity index (χ2n) is 8.73. The molecular weight excluding hydrogens is 394 g/mol. The number of piperidine rings is 1. The van der Waals surface area contributed by atoms with Gasteiger partial charge >= 0.3 is 0 Å². The number of furan rings is 1. The molecule has 0 amide bonds. The summed E-state index contributed by atoms with van der Waals surface area (Å²) < 4.78 is 11.3. The van der Waals surface area contributed by atoms with Crippen molar-refractivity contribution in [3.63, 3.8) is 0 Å². The van der Waals surface area contributed by atoms with Crippen molar-refractivity contribution in [1.29, 1.82) is 0 Å². The molecule has 0 aliphatic carbocycles. The Morgan fingerprint density at radius 3 is 2.55 bits per heavy atom. The van der Waals surface area contributed by atoms with E-state index in [-0.39, 0.29) is 6.54 Å². The molecule has 2 aromatic rings. The number of rotatable bonds is 8. The fourth-order valence-corrected chi connectivity index (χ4v) is 3.76. The highest BCUT2D eigenvalue weighted by molar-refractivity contribution is 5.79. The van der Waals surface area contributed by atoms with Crippen LogP contribution in [0.3, 0.4) is 0 Å². The van der Waals surface area contributed by atoms with Crippen molar-refractivity contribution in [3.8, 4) is 0 Å². The molecule has 1 aliphatic rings. The molecule has 1 fully saturated rings. The largest absolute Gasteiger partial charge is 0.463 e. The van der Waals surface area contributed by atoms with Crippen molar-refractivity contribution in [1.82, 2.24) is 20.5 Å². The van der Waals surface area contributed by atoms with Crippen LogP contribution in [-0.4, -0.2) is 53.7 Å². The average Bonchev–Trinajstić information content (AvgIpc) is 3.31. The monoisotopic (exact) mass is 431 g/mol. The van der Waals surface area contributed by atoms with Crippen molar-refractivity contribution in [2.45, 2.75) is 59.6 Å². The summed E-state index contributed by atoms with van der Waals surface area (Å²) in [6, 6.07) is 3.66. The van der Waals surface area contributed by atoms with E-state index in [0.29, 0.717) is 11.7 Å². The maximum Gasteiger partial charge on any atom is 0.208 e. The lowest BCUT2D eigenvalue weighted by atomic mass is 9.97. The Morgan fingerprint density at radius 1 is 1.23 bits per heavy atom. The van der Waals surface area contributed by atoms with E-state index < -0.39 is 5.60 Å². The summed E-state index contributed by atoms with van der Waals surface area (Å²) in [6.07, 6.45) is 2.24. The molecule has 3 N–H and O–H groups in total. The van der Waals surface area contributed by atoms with E-state index in [9.17, 15) is 5.11 Å². The van der Waals surface area contributed by atoms with Gasteiger partial charge in [-0.05, 0) is 78.6 Å². The van der Waals surface area contributed by atoms with E-state index >= 15 is 0 Å². The highest BCUT2D eigenvalue weighted by Crippen LogP contribution is 2.23. The van der Waals surface area contributed by atoms with Crippen molar-refractivity contribution >= 4 is 5.96 Å². The van der Waals surface area contributed by atoms with E-state index in [1.165, 1.54) is 0 Å². The Hall–Kier alpha value is -2.32. The highest BCUT2D eigenvalue weighted by Gasteiger charge is 2.27. The minimum Gasteiger partial charge on any atom is -0.463 e. The second kappa shape index (κ2) is 10.3. The van der Waals surface area contributed by atoms with E-state index in [4.69, 9.17) is 8.83 Å². The van der Waals surface area contributed by atoms with Crippen molar-refractivity contribution in [2.75, 3.05) is 32.7 Å². The molecule has 8 heteroatoms. The van der Waals surface area contributed by atoms with Gasteiger partial charge in [0.2, 0.25) is 5.89 Å². The van der Waals surface area contributed by atoms with Gasteiger partial charge in [0.05, 0.1) is 18.8 Å². The maximum atomic E-state index is 10.7. The van der Waals surface area contributed by atoms with Crippen LogP contribution in [0, 0.1) is 26.7 Å². The zero-order valence-corrected chi connectivity index (χ0v) is 19.5. The number of aliphatic hydroxyl groups is 1. The van der Waals surface area contributed by atoms with Crippen LogP contribution in [0.25, 0.3) is 0 Å². The molecule has 1 atom stereocenters. The lowest BCUT2D eigenvalue weighted by molar-refractivity contribution is 0.0428. The number of nitrogens with zero attached hydrogens (tertiary/aromatic N) is 3. The van der Waals surface area contributed by atoms with Crippen LogP contribution in [0.2, 0.25) is 0 Å². The van der Waals surface area contributed by atoms with Crippen LogP contribution in [0.15, 0.2) is 26.0 Å². The summed E-state index contributed by atoms with van der Waals surface area (Å²) >= 11 is 0. The Labute approximate surface area is 185 Å². The van der Waals surface area contributed by atoms with Gasteiger partial charge < -0.3 is 24.6 Å². The van der Waals surface area contributed by atoms with Gasteiger partial charge in [-0.15, -0.1) is 0 Å². The third-order valence-corrected chi connectivity index (χ3v) is 5.86. The van der Waals surface area contributed by atoms with E-state index in [2.05, 4.69) is 25.5 Å². The van der Waals surface area contributed by atoms with E-state index in [0.717, 1.165) is 74.6 Å². The van der Waals surface area contributed by atoms with Gasteiger partial charge in [0.1, 0.15) is 22.9 Å². The number of likely N-dealkylation sites (tertiary alicyclic amines) is 1. The number of nitrogens with one attached hydrogen (secondary N) is 2. The molecule has 0 spiro atoms. The first-order valence-electron chi connectivity index (χ1n) is 11.2. The normalized spacial score (nSPS) is 18.2. The molecule has 1 unspecified atom stereocenters. The van der Waals surface area contributed by atoms with Crippen LogP contribution in [0.4, 0.5) is 0 Å². The molecule has 0 bridgehead atoms. The summed E-state index contributed by atoms with van der Waals surface area (Å²) in [6.45, 7) is 14.3. The number of aromatic nitrogens is 1. The Bertz CT molecular complexity index is 843. The number of aryl methyl sites for hydroxylation is 3. The standard InChI is InChI=1S/C23H37N5O3/c1-6-24-22(26-15-23(5,29)20-8-7-16(2)30-20)25-13-19-9-11-28(12-10-19)14-21-27-17(3)18(4)31-21/h7-8,19,29H,6,9-15H2,1-5H3,(H2,24,25,26). The molecule has 8 nitrogen and oxygen atoms in total. The molecule has 2 aromatic heterocycles. The molecule has 3 rings (SSSR count). The molecule has 1 saturated heterocycles. The van der Waals surface area contributed by atoms with E-state index in [1.54, 1.807) is 13.0 Å². The smallest absolute Gasteiger partial charge is 0.208 e. The van der Waals surface area contributed by atoms with Gasteiger partial charge in [0, 0.05) is 13.1 Å². The SMILES string of the molecule is CCNC(=NCC(C)(O)c1ccc(C)o1)NCC1CCN(Cc2nc(C)c(C)o2)CC1. The van der Waals surface area contributed by atoms with Gasteiger partial charge in [0.25, 0.3) is 0 Å². The van der Waals surface area contributed by atoms with E-state index in [1.807, 2.05) is 33.8 Å². The lowest BCUT2D eigenvalue weighted by Gasteiger charge is -2.31. The number of hydrogen-bond acceptors (Lipinski definition) is 6. The fraction of sp³-hybridized carbons (Fsp3) is 0.652. The Kier molecular flexibility index (Phi) is 7.78. The van der Waals surface area contributed by atoms with Crippen LogP contribution in [0.5, 0.6) is 0 Å². The molecular formula is C23H37N5O3. The van der Waals surface area contributed by atoms with Gasteiger partial charge in [-0.25, -0.2) is 9.98 Å². The summed E-state index contributed by atoms with van der Waals surface area (Å²) in [5.74, 6) is 4.34. The van der Waals surface area contributed by atoms with Crippen LogP contribution >= 0.6 is 0 Å². The number of oxazole rings is 1. The number of guanidine groups is 1. The predicted octanol–water partition coefficient (Wildman–Crippen LogP) is 2.87. The number of hydrogen-bond donors (Lipinski definition) is 3. The fourth-order valence-electron chi connectivity index (χ4n) is 3.76. The van der Waals surface area contributed by atoms with Crippen LogP contribution in [-0.2, 0) is 12.1 Å². The maximum absolute atomic E-state index is 10.7. The summed E-state index contributed by atoms with van der Waals surface area (Å²) in [4.78, 5) is 11.5. The van der Waals surface area contributed by atoms with Crippen molar-refractivity contribution < 1.29 is 13.9 Å². The first kappa shape index (κ1) is 23.3. The van der Waals surface area contributed by atoms with Crippen LogP contribution in [0.1, 0.15) is 55.6 Å². The summed E-state index contributed by atoms with van der Waals surface area (Å²) in [5.41, 5.74) is -0.163. The molecule has 31 heavy (non-hydrogen) atoms. The first-order valence-corrected chi connectivity index (χ1v) is 11.2. The summed E-state index contributed by atoms with van der Waals surface area (Å²) in [7, 11) is 0.